The second-order valence-electron chi connectivity index (χ2n) is 14.3. The summed E-state index contributed by atoms with van der Waals surface area (Å²) in [6.45, 7) is 3.80. The number of hydrogen-bond donors (Lipinski definition) is 0. The van der Waals surface area contributed by atoms with Gasteiger partial charge in [0.25, 0.3) is 6.33 Å². The van der Waals surface area contributed by atoms with E-state index in [1.54, 1.807) is 71.7 Å². The third-order valence-electron chi connectivity index (χ3n) is 10.1. The number of para-hydroxylation sites is 2. The maximum atomic E-state index is 9.43. The monoisotopic (exact) mass is 967 g/mol. The SMILES string of the molecule is [2H]c1c([2H])c([2H])c(-c2cccc(-c3c([2H])c([2H])c([2H])c([2H])c3[2H])c2-[n+]2[c-]n(-c3[c-]c(Oc4[c-]c5c(cc4)c4ccccc4n5-c4cc(C([2H])([2H])C(C)(C)c5ccccc5)ccn4)ccc3)cc2)c([2H])c1[2H].[Pt]. The number of benzene rings is 7. The van der Waals surface area contributed by atoms with Crippen molar-refractivity contribution in [3.63, 3.8) is 0 Å². The molecule has 0 aliphatic rings. The molecule has 0 aliphatic heterocycles. The minimum atomic E-state index is -1.79. The van der Waals surface area contributed by atoms with E-state index < -0.39 is 72.2 Å². The Bertz CT molecular complexity index is 3640. The van der Waals surface area contributed by atoms with Crippen molar-refractivity contribution in [2.45, 2.75) is 25.6 Å². The maximum absolute atomic E-state index is 9.43. The van der Waals surface area contributed by atoms with Crippen LogP contribution in [0.4, 0.5) is 0 Å². The summed E-state index contributed by atoms with van der Waals surface area (Å²) in [5.74, 6) is 1.17. The zero-order valence-electron chi connectivity index (χ0n) is 44.2. The molecule has 0 N–H and O–H groups in total. The Labute approximate surface area is 382 Å². The quantitative estimate of drug-likeness (QED) is 0.101. The second-order valence-corrected chi connectivity index (χ2v) is 14.3. The average molecular weight is 968 g/mol. The minimum Gasteiger partial charge on any atom is -0.510 e. The van der Waals surface area contributed by atoms with E-state index in [9.17, 15) is 2.74 Å². The molecule has 0 aliphatic carbocycles. The molecule has 0 unspecified atom stereocenters. The molecule has 0 atom stereocenters. The third kappa shape index (κ3) is 7.49. The standard InChI is InChI=1S/C54H40N4O.Pt/c1-54(2,42-20-10-5-11-21-42)37-39-30-31-55-52(34-39)58-50-27-13-12-24-48(50)49-29-28-45(36-51(49)58)59-44-23-14-22-43(35-44)56-32-33-57(38-56)53-46(40-16-6-3-7-17-40)25-15-26-47(53)41-18-8-4-9-19-41;/h3-34H,37H2,1-2H3;/q-2;/i3D,4D,6D,7D,8D,9D,16D,17D,18D,19D,37D2;. The van der Waals surface area contributed by atoms with E-state index in [-0.39, 0.29) is 49.0 Å². The first-order valence-corrected chi connectivity index (χ1v) is 18.9. The van der Waals surface area contributed by atoms with Crippen molar-refractivity contribution in [1.29, 1.82) is 0 Å². The van der Waals surface area contributed by atoms with Gasteiger partial charge in [-0.15, -0.1) is 29.7 Å². The van der Waals surface area contributed by atoms with Crippen molar-refractivity contribution in [1.82, 2.24) is 14.1 Å². The molecule has 0 amide bonds. The van der Waals surface area contributed by atoms with Crippen molar-refractivity contribution < 1.29 is 46.8 Å². The molecule has 0 fully saturated rings. The molecule has 0 saturated heterocycles. The van der Waals surface area contributed by atoms with Crippen LogP contribution in [0.15, 0.2) is 194 Å². The summed E-state index contributed by atoms with van der Waals surface area (Å²) in [7, 11) is 0. The van der Waals surface area contributed by atoms with Crippen LogP contribution in [0.5, 0.6) is 11.5 Å². The van der Waals surface area contributed by atoms with Crippen LogP contribution in [0.2, 0.25) is 0 Å². The predicted molar refractivity (Wildman–Crippen MR) is 237 cm³/mol. The molecule has 10 aromatic rings. The molecule has 3 aromatic heterocycles. The molecule has 6 heteroatoms. The van der Waals surface area contributed by atoms with Gasteiger partial charge in [0, 0.05) is 59.4 Å². The van der Waals surface area contributed by atoms with Crippen molar-refractivity contribution in [3.8, 4) is 50.9 Å². The van der Waals surface area contributed by atoms with Gasteiger partial charge in [-0.1, -0.05) is 147 Å². The number of pyridine rings is 1. The Hall–Kier alpha value is -6.81. The first kappa shape index (κ1) is 27.0. The zero-order valence-corrected chi connectivity index (χ0v) is 34.5. The largest absolute Gasteiger partial charge is 0.510 e. The topological polar surface area (TPSA) is 35.9 Å². The number of aromatic nitrogens is 4. The van der Waals surface area contributed by atoms with E-state index in [1.165, 1.54) is 10.6 Å². The van der Waals surface area contributed by atoms with E-state index in [4.69, 9.17) is 23.4 Å². The van der Waals surface area contributed by atoms with Crippen molar-refractivity contribution >= 4 is 21.8 Å². The fourth-order valence-electron chi connectivity index (χ4n) is 7.38. The normalized spacial score (nSPS) is 14.5. The molecule has 7 aromatic carbocycles. The van der Waals surface area contributed by atoms with Gasteiger partial charge in [0.2, 0.25) is 0 Å². The Morgan fingerprint density at radius 2 is 1.40 bits per heavy atom. The summed E-state index contributed by atoms with van der Waals surface area (Å²) in [5, 5.41) is 1.82. The minimum absolute atomic E-state index is 0. The fraction of sp³-hybridized carbons (Fsp3) is 0.0741. The zero-order chi connectivity index (χ0) is 50.3. The van der Waals surface area contributed by atoms with Crippen LogP contribution in [-0.4, -0.2) is 14.1 Å². The summed E-state index contributed by atoms with van der Waals surface area (Å²) in [6, 6.07) is 35.9. The predicted octanol–water partition coefficient (Wildman–Crippen LogP) is 12.3. The first-order valence-electron chi connectivity index (χ1n) is 24.9. The molecule has 3 heterocycles. The number of imidazole rings is 1. The van der Waals surface area contributed by atoms with Gasteiger partial charge in [0.05, 0.1) is 19.4 Å². The molecule has 0 bridgehead atoms. The molecule has 5 nitrogen and oxygen atoms in total. The molecular formula is C54H40N4OPt-2. The summed E-state index contributed by atoms with van der Waals surface area (Å²) >= 11 is 0. The number of ether oxygens (including phenoxy) is 1. The van der Waals surface area contributed by atoms with Gasteiger partial charge in [-0.3, -0.25) is 4.57 Å². The van der Waals surface area contributed by atoms with Gasteiger partial charge in [-0.2, -0.15) is 18.2 Å². The molecule has 10 rings (SSSR count). The van der Waals surface area contributed by atoms with Crippen molar-refractivity contribution in [3.05, 3.63) is 224 Å². The second kappa shape index (κ2) is 16.4. The average Bonchev–Trinajstić information content (AvgIpc) is 4.00. The Morgan fingerprint density at radius 1 is 0.717 bits per heavy atom. The van der Waals surface area contributed by atoms with Gasteiger partial charge in [-0.25, -0.2) is 4.98 Å². The Morgan fingerprint density at radius 3 is 2.15 bits per heavy atom. The van der Waals surface area contributed by atoms with E-state index >= 15 is 0 Å². The van der Waals surface area contributed by atoms with Crippen LogP contribution < -0.4 is 9.30 Å². The molecule has 0 spiro atoms. The third-order valence-corrected chi connectivity index (χ3v) is 10.1. The number of hydrogen-bond acceptors (Lipinski definition) is 2. The van der Waals surface area contributed by atoms with Crippen LogP contribution in [-0.2, 0) is 32.9 Å². The fourth-order valence-corrected chi connectivity index (χ4v) is 7.38. The summed E-state index contributed by atoms with van der Waals surface area (Å²) < 4.78 is 116. The van der Waals surface area contributed by atoms with E-state index in [0.29, 0.717) is 34.1 Å². The van der Waals surface area contributed by atoms with Gasteiger partial charge >= 0.3 is 0 Å². The van der Waals surface area contributed by atoms with Gasteiger partial charge in [0.1, 0.15) is 5.82 Å². The molecule has 0 radical (unpaired) electrons. The molecule has 294 valence electrons. The van der Waals surface area contributed by atoms with E-state index in [1.807, 2.05) is 79.1 Å². The van der Waals surface area contributed by atoms with Crippen molar-refractivity contribution in [2.75, 3.05) is 0 Å². The number of nitrogens with zero attached hydrogens (tertiary/aromatic N) is 4. The molecule has 0 saturated carbocycles. The number of fused-ring (bicyclic) bond motifs is 3. The molecule has 60 heavy (non-hydrogen) atoms. The van der Waals surface area contributed by atoms with E-state index in [0.717, 1.165) is 21.9 Å². The first-order chi connectivity index (χ1) is 33.9. The maximum Gasteiger partial charge on any atom is 0.267 e. The number of rotatable bonds is 10. The smallest absolute Gasteiger partial charge is 0.267 e. The summed E-state index contributed by atoms with van der Waals surface area (Å²) in [6.07, 6.45) is 6.27. The van der Waals surface area contributed by atoms with Crippen molar-refractivity contribution in [2.24, 2.45) is 0 Å². The Kier molecular flexibility index (Phi) is 7.41. The van der Waals surface area contributed by atoms with Crippen LogP contribution >= 0.6 is 0 Å². The summed E-state index contributed by atoms with van der Waals surface area (Å²) in [5.41, 5.74) is 2.49. The van der Waals surface area contributed by atoms with Gasteiger partial charge in [-0.05, 0) is 74.4 Å². The van der Waals surface area contributed by atoms with Crippen LogP contribution in [0.25, 0.3) is 61.3 Å². The molecular weight excluding hydrogens is 916 g/mol. The Balaban J connectivity index is 0.00000640. The van der Waals surface area contributed by atoms with Gasteiger partial charge < -0.3 is 13.9 Å². The summed E-state index contributed by atoms with van der Waals surface area (Å²) in [4.78, 5) is 4.75. The van der Waals surface area contributed by atoms with Gasteiger partial charge in [0.15, 0.2) is 0 Å². The van der Waals surface area contributed by atoms with E-state index in [2.05, 4.69) is 18.5 Å². The van der Waals surface area contributed by atoms with Crippen LogP contribution in [0, 0.1) is 18.5 Å². The van der Waals surface area contributed by atoms with Crippen LogP contribution in [0.1, 0.15) is 41.4 Å². The van der Waals surface area contributed by atoms with Crippen LogP contribution in [0.3, 0.4) is 0 Å².